The van der Waals surface area contributed by atoms with Crippen molar-refractivity contribution in [2.75, 3.05) is 6.54 Å². The minimum absolute atomic E-state index is 0.129. The maximum atomic E-state index is 12.5. The van der Waals surface area contributed by atoms with E-state index >= 15 is 0 Å². The van der Waals surface area contributed by atoms with Crippen LogP contribution in [0.5, 0.6) is 0 Å². The van der Waals surface area contributed by atoms with Crippen molar-refractivity contribution < 1.29 is 9.53 Å². The molecule has 2 rings (SSSR count). The maximum absolute atomic E-state index is 12.5. The number of piperidine rings is 1. The molecule has 2 heterocycles. The Bertz CT molecular complexity index is 558. The van der Waals surface area contributed by atoms with Crippen LogP contribution in [0.3, 0.4) is 0 Å². The first-order valence-electron chi connectivity index (χ1n) is 7.49. The second-order valence-corrected chi connectivity index (χ2v) is 7.58. The van der Waals surface area contributed by atoms with Gasteiger partial charge in [-0.05, 0) is 45.6 Å². The number of nitrogens with zero attached hydrogens (tertiary/aromatic N) is 2. The summed E-state index contributed by atoms with van der Waals surface area (Å²) in [5.41, 5.74) is 0.302. The van der Waals surface area contributed by atoms with E-state index in [2.05, 4.69) is 11.9 Å². The van der Waals surface area contributed by atoms with Crippen molar-refractivity contribution in [3.63, 3.8) is 0 Å². The van der Waals surface area contributed by atoms with Crippen molar-refractivity contribution in [2.45, 2.75) is 52.2 Å². The van der Waals surface area contributed by atoms with Crippen molar-refractivity contribution >= 4 is 29.3 Å². The van der Waals surface area contributed by atoms with Crippen LogP contribution in [0.1, 0.15) is 52.1 Å². The topological polar surface area (TPSA) is 42.4 Å². The number of hydrogen-bond acceptors (Lipinski definition) is 3. The van der Waals surface area contributed by atoms with E-state index in [1.54, 1.807) is 11.0 Å². The fraction of sp³-hybridized carbons (Fsp3) is 0.625. The smallest absolute Gasteiger partial charge is 0.410 e. The lowest BCUT2D eigenvalue weighted by atomic mass is 9.89. The highest BCUT2D eigenvalue weighted by Crippen LogP contribution is 2.37. The average molecular weight is 345 g/mol. The van der Waals surface area contributed by atoms with Crippen molar-refractivity contribution in [2.24, 2.45) is 5.92 Å². The highest BCUT2D eigenvalue weighted by molar-refractivity contribution is 6.32. The molecular formula is C16H22Cl2N2O2. The predicted molar refractivity (Wildman–Crippen MR) is 88.3 cm³/mol. The van der Waals surface area contributed by atoms with E-state index < -0.39 is 5.60 Å². The second kappa shape index (κ2) is 6.63. The van der Waals surface area contributed by atoms with Crippen molar-refractivity contribution in [1.82, 2.24) is 9.88 Å². The third-order valence-electron chi connectivity index (χ3n) is 3.70. The Morgan fingerprint density at radius 1 is 1.36 bits per heavy atom. The fourth-order valence-corrected chi connectivity index (χ4v) is 3.12. The molecule has 1 amide bonds. The number of likely N-dealkylation sites (tertiary alicyclic amines) is 1. The number of pyridine rings is 1. The minimum atomic E-state index is -0.521. The molecule has 1 aromatic rings. The lowest BCUT2D eigenvalue weighted by molar-refractivity contribution is 0.00511. The van der Waals surface area contributed by atoms with E-state index in [1.165, 1.54) is 0 Å². The number of aromatic nitrogens is 1. The van der Waals surface area contributed by atoms with E-state index in [0.717, 1.165) is 18.4 Å². The van der Waals surface area contributed by atoms with Gasteiger partial charge in [0.1, 0.15) is 15.9 Å². The molecule has 1 aliphatic rings. The van der Waals surface area contributed by atoms with E-state index in [0.29, 0.717) is 22.8 Å². The summed E-state index contributed by atoms with van der Waals surface area (Å²) in [6.45, 7) is 8.42. The van der Waals surface area contributed by atoms with Gasteiger partial charge in [0.2, 0.25) is 0 Å². The summed E-state index contributed by atoms with van der Waals surface area (Å²) in [7, 11) is 0. The summed E-state index contributed by atoms with van der Waals surface area (Å²) in [4.78, 5) is 18.3. The largest absolute Gasteiger partial charge is 0.444 e. The lowest BCUT2D eigenvalue weighted by Gasteiger charge is -2.39. The van der Waals surface area contributed by atoms with Gasteiger partial charge in [-0.2, -0.15) is 0 Å². The lowest BCUT2D eigenvalue weighted by Crippen LogP contribution is -2.43. The van der Waals surface area contributed by atoms with Crippen LogP contribution in [0.15, 0.2) is 12.1 Å². The Balaban J connectivity index is 2.29. The van der Waals surface area contributed by atoms with Gasteiger partial charge in [0.05, 0.1) is 6.04 Å². The second-order valence-electron chi connectivity index (χ2n) is 6.83. The molecule has 6 heteroatoms. The first kappa shape index (κ1) is 17.4. The van der Waals surface area contributed by atoms with Crippen LogP contribution in [-0.2, 0) is 4.74 Å². The van der Waals surface area contributed by atoms with E-state index in [1.807, 2.05) is 26.8 Å². The van der Waals surface area contributed by atoms with Gasteiger partial charge < -0.3 is 9.64 Å². The van der Waals surface area contributed by atoms with Crippen LogP contribution in [0.25, 0.3) is 0 Å². The summed E-state index contributed by atoms with van der Waals surface area (Å²) in [5.74, 6) is 0.510. The predicted octanol–water partition coefficient (Wildman–Crippen LogP) is 5.10. The normalized spacial score (nSPS) is 22.5. The number of halogens is 2. The number of amides is 1. The molecule has 22 heavy (non-hydrogen) atoms. The molecular weight excluding hydrogens is 323 g/mol. The average Bonchev–Trinajstić information content (AvgIpc) is 2.36. The molecule has 0 unspecified atom stereocenters. The molecule has 0 saturated carbocycles. The fourth-order valence-electron chi connectivity index (χ4n) is 2.65. The Morgan fingerprint density at radius 3 is 2.64 bits per heavy atom. The summed E-state index contributed by atoms with van der Waals surface area (Å²) >= 11 is 12.1. The highest BCUT2D eigenvalue weighted by atomic mass is 35.5. The zero-order valence-electron chi connectivity index (χ0n) is 13.4. The van der Waals surface area contributed by atoms with Gasteiger partial charge >= 0.3 is 6.09 Å². The van der Waals surface area contributed by atoms with Gasteiger partial charge in [-0.15, -0.1) is 0 Å². The number of ether oxygens (including phenoxy) is 1. The van der Waals surface area contributed by atoms with Gasteiger partial charge in [-0.1, -0.05) is 36.2 Å². The van der Waals surface area contributed by atoms with E-state index in [4.69, 9.17) is 27.9 Å². The first-order valence-corrected chi connectivity index (χ1v) is 8.24. The summed E-state index contributed by atoms with van der Waals surface area (Å²) < 4.78 is 5.53. The SMILES string of the molecule is C[C@H]1CCN(C(=O)OC(C)(C)C)[C@@H](c2ccc(Cl)nc2Cl)C1. The third-order valence-corrected chi connectivity index (χ3v) is 4.21. The molecule has 1 fully saturated rings. The molecule has 122 valence electrons. The number of carbonyl (C=O) groups is 1. The Morgan fingerprint density at radius 2 is 2.05 bits per heavy atom. The third kappa shape index (κ3) is 4.26. The molecule has 0 radical (unpaired) electrons. The minimum Gasteiger partial charge on any atom is -0.444 e. The number of hydrogen-bond donors (Lipinski definition) is 0. The number of rotatable bonds is 1. The van der Waals surface area contributed by atoms with Gasteiger partial charge in [0, 0.05) is 12.1 Å². The van der Waals surface area contributed by atoms with E-state index in [9.17, 15) is 4.79 Å². The Kier molecular flexibility index (Phi) is 5.23. The zero-order chi connectivity index (χ0) is 16.5. The quantitative estimate of drug-likeness (QED) is 0.665. The Labute approximate surface area is 141 Å². The van der Waals surface area contributed by atoms with Crippen LogP contribution < -0.4 is 0 Å². The zero-order valence-corrected chi connectivity index (χ0v) is 14.9. The van der Waals surface area contributed by atoms with Crippen molar-refractivity contribution in [1.29, 1.82) is 0 Å². The molecule has 0 spiro atoms. The molecule has 0 bridgehead atoms. The van der Waals surface area contributed by atoms with Crippen LogP contribution in [0.4, 0.5) is 4.79 Å². The molecule has 0 N–H and O–H groups in total. The van der Waals surface area contributed by atoms with E-state index in [-0.39, 0.29) is 12.1 Å². The van der Waals surface area contributed by atoms with Crippen molar-refractivity contribution in [3.8, 4) is 0 Å². The van der Waals surface area contributed by atoms with Crippen molar-refractivity contribution in [3.05, 3.63) is 28.0 Å². The molecule has 4 nitrogen and oxygen atoms in total. The standard InChI is InChI=1S/C16H22Cl2N2O2/c1-10-7-8-20(15(21)22-16(2,3)4)12(9-10)11-5-6-13(17)19-14(11)18/h5-6,10,12H,7-9H2,1-4H3/t10-,12+/m0/s1. The molecule has 2 atom stereocenters. The van der Waals surface area contributed by atoms with Gasteiger partial charge in [-0.25, -0.2) is 9.78 Å². The molecule has 0 aliphatic carbocycles. The van der Waals surface area contributed by atoms with Gasteiger partial charge in [0.25, 0.3) is 0 Å². The highest BCUT2D eigenvalue weighted by Gasteiger charge is 2.35. The molecule has 1 aliphatic heterocycles. The van der Waals surface area contributed by atoms with Crippen LogP contribution in [-0.4, -0.2) is 28.1 Å². The van der Waals surface area contributed by atoms with Gasteiger partial charge in [0.15, 0.2) is 0 Å². The molecule has 0 aromatic carbocycles. The first-order chi connectivity index (χ1) is 10.2. The van der Waals surface area contributed by atoms with Gasteiger partial charge in [-0.3, -0.25) is 0 Å². The van der Waals surface area contributed by atoms with Crippen LogP contribution in [0.2, 0.25) is 10.3 Å². The molecule has 1 saturated heterocycles. The number of carbonyl (C=O) groups excluding carboxylic acids is 1. The Hall–Kier alpha value is -1.00. The summed E-state index contributed by atoms with van der Waals surface area (Å²) in [5, 5.41) is 0.696. The van der Waals surface area contributed by atoms with Crippen LogP contribution in [0, 0.1) is 5.92 Å². The summed E-state index contributed by atoms with van der Waals surface area (Å²) in [6, 6.07) is 3.42. The summed E-state index contributed by atoms with van der Waals surface area (Å²) in [6.07, 6.45) is 1.48. The maximum Gasteiger partial charge on any atom is 0.410 e. The monoisotopic (exact) mass is 344 g/mol. The van der Waals surface area contributed by atoms with Crippen LogP contribution >= 0.6 is 23.2 Å². The molecule has 1 aromatic heterocycles.